The maximum Gasteiger partial charge on any atom is 0.350 e. The lowest BCUT2D eigenvalue weighted by molar-refractivity contribution is 0.246. The van der Waals surface area contributed by atoms with E-state index in [-0.39, 0.29) is 0 Å². The number of nitrogens with two attached hydrogens (primary N) is 2. The van der Waals surface area contributed by atoms with Gasteiger partial charge in [-0.05, 0) is 23.6 Å². The standard InChI is InChI=1S/C14H14N4OS2/c1-2-10-5-3-7-12(18(16)14(19)17-15)13(10)21-9-11-6-4-8-20-11/h1,3-8H,9,15-16H2,(H,17,19). The Labute approximate surface area is 131 Å². The van der Waals surface area contributed by atoms with Crippen LogP contribution in [0.15, 0.2) is 40.6 Å². The second-order valence-electron chi connectivity index (χ2n) is 3.99. The van der Waals surface area contributed by atoms with Gasteiger partial charge in [0.15, 0.2) is 0 Å². The highest BCUT2D eigenvalue weighted by Gasteiger charge is 2.17. The third kappa shape index (κ3) is 3.56. The highest BCUT2D eigenvalue weighted by atomic mass is 32.2. The number of urea groups is 1. The Balaban J connectivity index is 2.32. The maximum atomic E-state index is 11.6. The molecule has 1 aromatic heterocycles. The lowest BCUT2D eigenvalue weighted by Crippen LogP contribution is -2.47. The van der Waals surface area contributed by atoms with Gasteiger partial charge in [0.2, 0.25) is 0 Å². The summed E-state index contributed by atoms with van der Waals surface area (Å²) in [4.78, 5) is 13.6. The van der Waals surface area contributed by atoms with Crippen LogP contribution in [0.3, 0.4) is 0 Å². The number of hydrogen-bond acceptors (Lipinski definition) is 5. The van der Waals surface area contributed by atoms with Crippen molar-refractivity contribution in [3.63, 3.8) is 0 Å². The Morgan fingerprint density at radius 2 is 2.24 bits per heavy atom. The van der Waals surface area contributed by atoms with Gasteiger partial charge in [-0.1, -0.05) is 18.1 Å². The molecule has 0 atom stereocenters. The molecule has 108 valence electrons. The zero-order chi connectivity index (χ0) is 15.2. The number of hydrazine groups is 2. The largest absolute Gasteiger partial charge is 0.350 e. The van der Waals surface area contributed by atoms with Crippen molar-refractivity contribution < 1.29 is 4.79 Å². The predicted molar refractivity (Wildman–Crippen MR) is 87.6 cm³/mol. The van der Waals surface area contributed by atoms with Crippen LogP contribution >= 0.6 is 23.1 Å². The number of carbonyl (C=O) groups is 1. The molecule has 2 rings (SSSR count). The van der Waals surface area contributed by atoms with Crippen LogP contribution in [0.5, 0.6) is 0 Å². The van der Waals surface area contributed by atoms with Crippen molar-refractivity contribution in [2.24, 2.45) is 11.7 Å². The van der Waals surface area contributed by atoms with Crippen molar-refractivity contribution in [2.75, 3.05) is 5.01 Å². The van der Waals surface area contributed by atoms with Gasteiger partial charge in [-0.3, -0.25) is 5.43 Å². The fraction of sp³-hybridized carbons (Fsp3) is 0.0714. The first-order chi connectivity index (χ1) is 10.2. The van der Waals surface area contributed by atoms with E-state index in [0.717, 1.165) is 15.7 Å². The minimum absolute atomic E-state index is 0.523. The predicted octanol–water partition coefficient (Wildman–Crippen LogP) is 2.29. The molecule has 0 aliphatic rings. The fourth-order valence-corrected chi connectivity index (χ4v) is 3.61. The van der Waals surface area contributed by atoms with E-state index in [4.69, 9.17) is 18.1 Å². The molecule has 0 saturated carbocycles. The number of nitrogens with zero attached hydrogens (tertiary/aromatic N) is 1. The molecule has 7 heteroatoms. The highest BCUT2D eigenvalue weighted by molar-refractivity contribution is 7.98. The van der Waals surface area contributed by atoms with Gasteiger partial charge in [0.1, 0.15) is 0 Å². The molecular weight excluding hydrogens is 304 g/mol. The van der Waals surface area contributed by atoms with Crippen LogP contribution in [0.2, 0.25) is 0 Å². The number of nitrogens with one attached hydrogen (secondary N) is 1. The third-order valence-corrected chi connectivity index (χ3v) is 4.92. The van der Waals surface area contributed by atoms with Crippen molar-refractivity contribution in [3.05, 3.63) is 46.2 Å². The Kier molecular flexibility index (Phi) is 5.25. The minimum atomic E-state index is -0.609. The number of rotatable bonds is 4. The van der Waals surface area contributed by atoms with E-state index < -0.39 is 6.03 Å². The van der Waals surface area contributed by atoms with Crippen molar-refractivity contribution >= 4 is 34.8 Å². The second kappa shape index (κ2) is 7.15. The summed E-state index contributed by atoms with van der Waals surface area (Å²) < 4.78 is 0. The van der Waals surface area contributed by atoms with E-state index in [9.17, 15) is 4.79 Å². The average molecular weight is 318 g/mol. The first-order valence-corrected chi connectivity index (χ1v) is 7.84. The summed E-state index contributed by atoms with van der Waals surface area (Å²) in [6.07, 6.45) is 5.53. The third-order valence-electron chi connectivity index (χ3n) is 2.69. The molecule has 2 amide bonds. The van der Waals surface area contributed by atoms with Gasteiger partial charge in [0.05, 0.1) is 5.69 Å². The molecule has 1 heterocycles. The smallest absolute Gasteiger partial charge is 0.274 e. The Bertz CT molecular complexity index is 664. The molecule has 0 bridgehead atoms. The molecule has 1 aromatic carbocycles. The van der Waals surface area contributed by atoms with Crippen LogP contribution in [0, 0.1) is 12.3 Å². The number of thiophene rings is 1. The van der Waals surface area contributed by atoms with Crippen molar-refractivity contribution in [1.82, 2.24) is 5.43 Å². The van der Waals surface area contributed by atoms with E-state index in [1.807, 2.05) is 29.0 Å². The summed E-state index contributed by atoms with van der Waals surface area (Å²) >= 11 is 3.20. The van der Waals surface area contributed by atoms with Gasteiger partial charge >= 0.3 is 6.03 Å². The molecule has 0 spiro atoms. The summed E-state index contributed by atoms with van der Waals surface area (Å²) in [6.45, 7) is 0. The van der Waals surface area contributed by atoms with Crippen molar-refractivity contribution in [2.45, 2.75) is 10.6 Å². The zero-order valence-electron chi connectivity index (χ0n) is 11.1. The fourth-order valence-electron chi connectivity index (χ4n) is 1.70. The summed E-state index contributed by atoms with van der Waals surface area (Å²) in [5.74, 6) is 14.3. The average Bonchev–Trinajstić information content (AvgIpc) is 3.04. The lowest BCUT2D eigenvalue weighted by Gasteiger charge is -2.20. The number of benzene rings is 1. The summed E-state index contributed by atoms with van der Waals surface area (Å²) in [6, 6.07) is 8.72. The van der Waals surface area contributed by atoms with Gasteiger partial charge in [-0.25, -0.2) is 21.5 Å². The number of hydrogen-bond donors (Lipinski definition) is 3. The van der Waals surface area contributed by atoms with Crippen LogP contribution in [0.4, 0.5) is 10.5 Å². The summed E-state index contributed by atoms with van der Waals surface area (Å²) in [7, 11) is 0. The van der Waals surface area contributed by atoms with Crippen LogP contribution in [0.1, 0.15) is 10.4 Å². The molecule has 0 aliphatic heterocycles. The normalized spacial score (nSPS) is 9.95. The maximum absolute atomic E-state index is 11.6. The van der Waals surface area contributed by atoms with E-state index in [2.05, 4.69) is 5.92 Å². The molecule has 0 radical (unpaired) electrons. The Morgan fingerprint density at radius 1 is 1.43 bits per heavy atom. The highest BCUT2D eigenvalue weighted by Crippen LogP contribution is 2.35. The molecule has 0 unspecified atom stereocenters. The van der Waals surface area contributed by atoms with Gasteiger partial charge in [0.25, 0.3) is 0 Å². The molecule has 5 nitrogen and oxygen atoms in total. The van der Waals surface area contributed by atoms with Crippen molar-refractivity contribution in [3.8, 4) is 12.3 Å². The quantitative estimate of drug-likeness (QED) is 0.265. The van der Waals surface area contributed by atoms with Gasteiger partial charge in [0, 0.05) is 21.1 Å². The SMILES string of the molecule is C#Cc1cccc(N(N)C(=O)NN)c1SCc1cccs1. The first kappa shape index (κ1) is 15.4. The topological polar surface area (TPSA) is 84.4 Å². The molecule has 21 heavy (non-hydrogen) atoms. The van der Waals surface area contributed by atoms with E-state index in [0.29, 0.717) is 11.3 Å². The lowest BCUT2D eigenvalue weighted by atomic mass is 10.2. The zero-order valence-corrected chi connectivity index (χ0v) is 12.7. The molecular formula is C14H14N4OS2. The number of terminal acetylenes is 1. The molecule has 0 fully saturated rings. The number of anilines is 1. The molecule has 0 aliphatic carbocycles. The van der Waals surface area contributed by atoms with Crippen molar-refractivity contribution in [1.29, 1.82) is 0 Å². The number of carbonyl (C=O) groups excluding carboxylic acids is 1. The van der Waals surface area contributed by atoms with Crippen LogP contribution < -0.4 is 22.1 Å². The van der Waals surface area contributed by atoms with Gasteiger partial charge < -0.3 is 0 Å². The second-order valence-corrected chi connectivity index (χ2v) is 6.00. The van der Waals surface area contributed by atoms with Gasteiger partial charge in [-0.15, -0.1) is 29.5 Å². The molecule has 0 saturated heterocycles. The Hall–Kier alpha value is -1.98. The van der Waals surface area contributed by atoms with Crippen LogP contribution in [-0.2, 0) is 5.75 Å². The molecule has 2 aromatic rings. The first-order valence-electron chi connectivity index (χ1n) is 5.97. The Morgan fingerprint density at radius 3 is 2.86 bits per heavy atom. The minimum Gasteiger partial charge on any atom is -0.274 e. The van der Waals surface area contributed by atoms with E-state index >= 15 is 0 Å². The van der Waals surface area contributed by atoms with Crippen LogP contribution in [0.25, 0.3) is 0 Å². The number of amides is 2. The van der Waals surface area contributed by atoms with Crippen LogP contribution in [-0.4, -0.2) is 6.03 Å². The summed E-state index contributed by atoms with van der Waals surface area (Å²) in [5.41, 5.74) is 3.21. The monoisotopic (exact) mass is 318 g/mol. The molecule has 5 N–H and O–H groups in total. The van der Waals surface area contributed by atoms with E-state index in [1.54, 1.807) is 23.5 Å². The number of thioether (sulfide) groups is 1. The van der Waals surface area contributed by atoms with E-state index in [1.165, 1.54) is 16.6 Å². The van der Waals surface area contributed by atoms with Gasteiger partial charge in [-0.2, -0.15) is 0 Å². The summed E-state index contributed by atoms with van der Waals surface area (Å²) in [5, 5.41) is 2.97.